The summed E-state index contributed by atoms with van der Waals surface area (Å²) in [6.45, 7) is 4.62. The van der Waals surface area contributed by atoms with Crippen LogP contribution in [-0.4, -0.2) is 35.1 Å². The Morgan fingerprint density at radius 2 is 2.22 bits per heavy atom. The third kappa shape index (κ3) is 3.67. The summed E-state index contributed by atoms with van der Waals surface area (Å²) < 4.78 is 11.1. The molecule has 3 rings (SSSR count). The van der Waals surface area contributed by atoms with Crippen LogP contribution in [-0.2, 0) is 6.54 Å². The topological polar surface area (TPSA) is 50.4 Å². The quantitative estimate of drug-likeness (QED) is 0.886. The van der Waals surface area contributed by atoms with Crippen LogP contribution in [0.5, 0.6) is 11.5 Å². The van der Waals surface area contributed by atoms with Crippen molar-refractivity contribution in [2.24, 2.45) is 0 Å². The van der Waals surface area contributed by atoms with Gasteiger partial charge in [0.15, 0.2) is 11.5 Å². The number of piperidine rings is 1. The van der Waals surface area contributed by atoms with Gasteiger partial charge in [0.05, 0.1) is 19.8 Å². The zero-order valence-corrected chi connectivity index (χ0v) is 13.9. The summed E-state index contributed by atoms with van der Waals surface area (Å²) in [7, 11) is 1.69. The van der Waals surface area contributed by atoms with Crippen LogP contribution in [0.3, 0.4) is 0 Å². The van der Waals surface area contributed by atoms with Gasteiger partial charge in [0.1, 0.15) is 5.82 Å². The molecule has 1 aliphatic rings. The minimum Gasteiger partial charge on any atom is -0.493 e. The number of hydrogen-bond acceptors (Lipinski definition) is 4. The average Bonchev–Trinajstić information content (AvgIpc) is 3.11. The second-order valence-corrected chi connectivity index (χ2v) is 5.87. The summed E-state index contributed by atoms with van der Waals surface area (Å²) in [5.74, 6) is 2.68. The minimum absolute atomic E-state index is 0.372. The van der Waals surface area contributed by atoms with E-state index in [4.69, 9.17) is 9.47 Å². The molecule has 0 radical (unpaired) electrons. The molecule has 2 heterocycles. The molecule has 0 aliphatic carbocycles. The molecule has 0 amide bonds. The lowest BCUT2D eigenvalue weighted by atomic mass is 10.0. The van der Waals surface area contributed by atoms with Crippen LogP contribution in [0.25, 0.3) is 0 Å². The van der Waals surface area contributed by atoms with E-state index < -0.39 is 0 Å². The standard InChI is InChI=1S/C18H25N3O2/c1-3-23-16-8-7-14(12-17(16)22-2)13-21-11-5-4-6-15(21)18-19-9-10-20-18/h7-10,12,15H,3-6,11,13H2,1-2H3,(H,19,20)/t15-/m1/s1. The van der Waals surface area contributed by atoms with Crippen molar-refractivity contribution in [2.45, 2.75) is 38.8 Å². The number of ether oxygens (including phenoxy) is 2. The molecule has 1 N–H and O–H groups in total. The molecule has 2 aromatic rings. The zero-order chi connectivity index (χ0) is 16.1. The molecular weight excluding hydrogens is 290 g/mol. The zero-order valence-electron chi connectivity index (χ0n) is 13.9. The number of H-pyrrole nitrogens is 1. The predicted molar refractivity (Wildman–Crippen MR) is 89.8 cm³/mol. The maximum Gasteiger partial charge on any atom is 0.161 e. The molecule has 1 aromatic heterocycles. The summed E-state index contributed by atoms with van der Waals surface area (Å²) >= 11 is 0. The highest BCUT2D eigenvalue weighted by Crippen LogP contribution is 2.33. The summed E-state index contributed by atoms with van der Waals surface area (Å²) in [5, 5.41) is 0. The number of aromatic nitrogens is 2. The van der Waals surface area contributed by atoms with Gasteiger partial charge in [0.25, 0.3) is 0 Å². The first-order chi connectivity index (χ1) is 11.3. The molecule has 1 atom stereocenters. The third-order valence-electron chi connectivity index (χ3n) is 4.36. The summed E-state index contributed by atoms with van der Waals surface area (Å²) in [6, 6.07) is 6.58. The highest BCUT2D eigenvalue weighted by molar-refractivity contribution is 5.43. The number of rotatable bonds is 6. The van der Waals surface area contributed by atoms with Crippen molar-refractivity contribution < 1.29 is 9.47 Å². The van der Waals surface area contributed by atoms with Gasteiger partial charge in [-0.05, 0) is 44.0 Å². The van der Waals surface area contributed by atoms with Gasteiger partial charge in [0.2, 0.25) is 0 Å². The molecule has 0 spiro atoms. The predicted octanol–water partition coefficient (Wildman–Crippen LogP) is 3.54. The Balaban J connectivity index is 1.76. The molecule has 1 aromatic carbocycles. The molecular formula is C18H25N3O2. The van der Waals surface area contributed by atoms with Gasteiger partial charge in [0, 0.05) is 18.9 Å². The van der Waals surface area contributed by atoms with Crippen LogP contribution < -0.4 is 9.47 Å². The molecule has 0 bridgehead atoms. The van der Waals surface area contributed by atoms with Crippen molar-refractivity contribution >= 4 is 0 Å². The Morgan fingerprint density at radius 1 is 1.30 bits per heavy atom. The molecule has 5 heteroatoms. The normalized spacial score (nSPS) is 18.8. The van der Waals surface area contributed by atoms with E-state index in [1.165, 1.54) is 18.4 Å². The van der Waals surface area contributed by atoms with Crippen LogP contribution in [0.2, 0.25) is 0 Å². The highest BCUT2D eigenvalue weighted by atomic mass is 16.5. The van der Waals surface area contributed by atoms with Crippen LogP contribution >= 0.6 is 0 Å². The second kappa shape index (κ2) is 7.51. The Hall–Kier alpha value is -2.01. The van der Waals surface area contributed by atoms with Crippen molar-refractivity contribution in [3.63, 3.8) is 0 Å². The van der Waals surface area contributed by atoms with E-state index >= 15 is 0 Å². The molecule has 23 heavy (non-hydrogen) atoms. The van der Waals surface area contributed by atoms with E-state index in [0.717, 1.165) is 36.8 Å². The second-order valence-electron chi connectivity index (χ2n) is 5.87. The first kappa shape index (κ1) is 15.9. The van der Waals surface area contributed by atoms with Crippen LogP contribution in [0.1, 0.15) is 43.6 Å². The van der Waals surface area contributed by atoms with Gasteiger partial charge in [-0.2, -0.15) is 0 Å². The van der Waals surface area contributed by atoms with E-state index in [-0.39, 0.29) is 0 Å². The monoisotopic (exact) mass is 315 g/mol. The number of nitrogens with zero attached hydrogens (tertiary/aromatic N) is 2. The van der Waals surface area contributed by atoms with Crippen molar-refractivity contribution in [1.29, 1.82) is 0 Å². The lowest BCUT2D eigenvalue weighted by Crippen LogP contribution is -2.33. The number of likely N-dealkylation sites (tertiary alicyclic amines) is 1. The average molecular weight is 315 g/mol. The van der Waals surface area contributed by atoms with Crippen molar-refractivity contribution in [1.82, 2.24) is 14.9 Å². The number of methoxy groups -OCH3 is 1. The number of imidazole rings is 1. The van der Waals surface area contributed by atoms with Gasteiger partial charge >= 0.3 is 0 Å². The fraction of sp³-hybridized carbons (Fsp3) is 0.500. The van der Waals surface area contributed by atoms with E-state index in [1.807, 2.05) is 25.4 Å². The Morgan fingerprint density at radius 3 is 2.96 bits per heavy atom. The largest absolute Gasteiger partial charge is 0.493 e. The molecule has 1 aliphatic heterocycles. The van der Waals surface area contributed by atoms with E-state index in [9.17, 15) is 0 Å². The van der Waals surface area contributed by atoms with Gasteiger partial charge in [-0.3, -0.25) is 4.90 Å². The SMILES string of the molecule is CCOc1ccc(CN2CCCC[C@@H]2c2ncc[nH]2)cc1OC. The van der Waals surface area contributed by atoms with E-state index in [2.05, 4.69) is 27.0 Å². The smallest absolute Gasteiger partial charge is 0.161 e. The van der Waals surface area contributed by atoms with E-state index in [0.29, 0.717) is 12.6 Å². The van der Waals surface area contributed by atoms with Crippen molar-refractivity contribution in [2.75, 3.05) is 20.3 Å². The molecule has 1 saturated heterocycles. The first-order valence-corrected chi connectivity index (χ1v) is 8.35. The molecule has 124 valence electrons. The van der Waals surface area contributed by atoms with Crippen LogP contribution in [0.4, 0.5) is 0 Å². The fourth-order valence-corrected chi connectivity index (χ4v) is 3.27. The first-order valence-electron chi connectivity index (χ1n) is 8.35. The lowest BCUT2D eigenvalue weighted by molar-refractivity contribution is 0.134. The Labute approximate surface area is 137 Å². The lowest BCUT2D eigenvalue weighted by Gasteiger charge is -2.34. The number of benzene rings is 1. The number of aromatic amines is 1. The summed E-state index contributed by atoms with van der Waals surface area (Å²) in [4.78, 5) is 10.2. The summed E-state index contributed by atoms with van der Waals surface area (Å²) in [5.41, 5.74) is 1.24. The van der Waals surface area contributed by atoms with Crippen LogP contribution in [0.15, 0.2) is 30.6 Å². The Bertz CT molecular complexity index is 613. The minimum atomic E-state index is 0.372. The maximum absolute atomic E-state index is 5.60. The fourth-order valence-electron chi connectivity index (χ4n) is 3.27. The molecule has 0 unspecified atom stereocenters. The number of nitrogens with one attached hydrogen (secondary N) is 1. The molecule has 1 fully saturated rings. The molecule has 0 saturated carbocycles. The van der Waals surface area contributed by atoms with Gasteiger partial charge in [-0.15, -0.1) is 0 Å². The Kier molecular flexibility index (Phi) is 5.18. The van der Waals surface area contributed by atoms with Gasteiger partial charge < -0.3 is 14.5 Å². The van der Waals surface area contributed by atoms with Crippen molar-refractivity contribution in [3.8, 4) is 11.5 Å². The molecule has 5 nitrogen and oxygen atoms in total. The van der Waals surface area contributed by atoms with E-state index in [1.54, 1.807) is 7.11 Å². The summed E-state index contributed by atoms with van der Waals surface area (Å²) in [6.07, 6.45) is 7.39. The maximum atomic E-state index is 5.60. The van der Waals surface area contributed by atoms with Gasteiger partial charge in [-0.1, -0.05) is 12.5 Å². The van der Waals surface area contributed by atoms with Crippen LogP contribution in [0, 0.1) is 0 Å². The van der Waals surface area contributed by atoms with Crippen molar-refractivity contribution in [3.05, 3.63) is 42.0 Å². The van der Waals surface area contributed by atoms with Gasteiger partial charge in [-0.25, -0.2) is 4.98 Å². The third-order valence-corrected chi connectivity index (χ3v) is 4.36. The number of hydrogen-bond donors (Lipinski definition) is 1. The highest BCUT2D eigenvalue weighted by Gasteiger charge is 2.25.